The summed E-state index contributed by atoms with van der Waals surface area (Å²) in [5.74, 6) is 1.39. The predicted octanol–water partition coefficient (Wildman–Crippen LogP) is 3.79. The quantitative estimate of drug-likeness (QED) is 0.608. The minimum absolute atomic E-state index is 0.388. The minimum atomic E-state index is -0.513. The summed E-state index contributed by atoms with van der Waals surface area (Å²) < 4.78 is 0. The standard InChI is InChI=1S/C13H20S/c1-13(2)9-10-14(3,4)12-8-6-5-7-11(12)13/h5-8H,9-10H2,1-4H3. The fraction of sp³-hybridized carbons (Fsp3) is 0.538. The van der Waals surface area contributed by atoms with E-state index in [1.54, 1.807) is 10.5 Å². The van der Waals surface area contributed by atoms with Crippen LogP contribution in [0.4, 0.5) is 0 Å². The van der Waals surface area contributed by atoms with Gasteiger partial charge in [-0.1, -0.05) is 32.0 Å². The molecule has 0 N–H and O–H groups in total. The molecule has 0 saturated carbocycles. The van der Waals surface area contributed by atoms with Crippen molar-refractivity contribution in [2.24, 2.45) is 0 Å². The number of rotatable bonds is 0. The molecule has 0 aromatic heterocycles. The Morgan fingerprint density at radius 1 is 1.14 bits per heavy atom. The second kappa shape index (κ2) is 3.03. The van der Waals surface area contributed by atoms with Gasteiger partial charge in [-0.2, -0.15) is 0 Å². The average Bonchev–Trinajstić information content (AvgIpc) is 2.14. The summed E-state index contributed by atoms with van der Waals surface area (Å²) >= 11 is 0. The highest BCUT2D eigenvalue weighted by atomic mass is 32.3. The van der Waals surface area contributed by atoms with Crippen LogP contribution in [0.15, 0.2) is 29.2 Å². The Balaban J connectivity index is 2.61. The van der Waals surface area contributed by atoms with Crippen LogP contribution in [-0.2, 0) is 5.41 Å². The molecular formula is C13H20S. The molecule has 0 spiro atoms. The Kier molecular flexibility index (Phi) is 2.19. The predicted molar refractivity (Wildman–Crippen MR) is 66.7 cm³/mol. The zero-order valence-electron chi connectivity index (χ0n) is 9.63. The molecule has 1 aliphatic heterocycles. The minimum Gasteiger partial charge on any atom is -0.220 e. The Bertz CT molecular complexity index is 315. The third kappa shape index (κ3) is 1.48. The summed E-state index contributed by atoms with van der Waals surface area (Å²) in [6.45, 7) is 4.75. The van der Waals surface area contributed by atoms with Crippen molar-refractivity contribution in [1.29, 1.82) is 0 Å². The van der Waals surface area contributed by atoms with Crippen molar-refractivity contribution in [2.45, 2.75) is 30.6 Å². The highest BCUT2D eigenvalue weighted by Crippen LogP contribution is 2.58. The van der Waals surface area contributed by atoms with Gasteiger partial charge >= 0.3 is 0 Å². The maximum atomic E-state index is 2.45. The molecule has 1 aliphatic rings. The van der Waals surface area contributed by atoms with Gasteiger partial charge in [0.25, 0.3) is 0 Å². The van der Waals surface area contributed by atoms with Crippen molar-refractivity contribution in [3.8, 4) is 0 Å². The summed E-state index contributed by atoms with van der Waals surface area (Å²) in [6.07, 6.45) is 6.23. The van der Waals surface area contributed by atoms with E-state index in [9.17, 15) is 0 Å². The van der Waals surface area contributed by atoms with Crippen molar-refractivity contribution >= 4 is 10.0 Å². The topological polar surface area (TPSA) is 0 Å². The van der Waals surface area contributed by atoms with E-state index in [0.717, 1.165) is 0 Å². The van der Waals surface area contributed by atoms with Gasteiger partial charge in [0, 0.05) is 0 Å². The Morgan fingerprint density at radius 2 is 1.79 bits per heavy atom. The van der Waals surface area contributed by atoms with Gasteiger partial charge in [-0.15, -0.1) is 0 Å². The smallest absolute Gasteiger partial charge is 0.00662 e. The van der Waals surface area contributed by atoms with E-state index in [-0.39, 0.29) is 0 Å². The van der Waals surface area contributed by atoms with E-state index in [2.05, 4.69) is 50.6 Å². The van der Waals surface area contributed by atoms with E-state index >= 15 is 0 Å². The van der Waals surface area contributed by atoms with Crippen LogP contribution in [0.3, 0.4) is 0 Å². The molecule has 0 unspecified atom stereocenters. The lowest BCUT2D eigenvalue weighted by atomic mass is 9.82. The third-order valence-corrected chi connectivity index (χ3v) is 6.22. The highest BCUT2D eigenvalue weighted by Gasteiger charge is 2.33. The average molecular weight is 208 g/mol. The molecule has 0 aliphatic carbocycles. The lowest BCUT2D eigenvalue weighted by molar-refractivity contribution is 0.491. The molecule has 14 heavy (non-hydrogen) atoms. The molecule has 2 rings (SSSR count). The number of fused-ring (bicyclic) bond motifs is 1. The first-order valence-corrected chi connectivity index (χ1v) is 7.86. The second-order valence-electron chi connectivity index (χ2n) is 5.37. The normalized spacial score (nSPS) is 25.1. The SMILES string of the molecule is CC1(C)CCS(C)(C)c2ccccc21. The summed E-state index contributed by atoms with van der Waals surface area (Å²) in [6, 6.07) is 9.03. The van der Waals surface area contributed by atoms with Gasteiger partial charge in [-0.25, -0.2) is 10.0 Å². The zero-order valence-corrected chi connectivity index (χ0v) is 10.4. The maximum Gasteiger partial charge on any atom is -0.00662 e. The molecule has 0 fully saturated rings. The molecule has 1 heteroatoms. The summed E-state index contributed by atoms with van der Waals surface area (Å²) in [7, 11) is -0.513. The summed E-state index contributed by atoms with van der Waals surface area (Å²) in [4.78, 5) is 1.64. The molecular weight excluding hydrogens is 188 g/mol. The van der Waals surface area contributed by atoms with Gasteiger partial charge in [0.05, 0.1) is 0 Å². The molecule has 1 heterocycles. The van der Waals surface area contributed by atoms with Crippen LogP contribution in [0.5, 0.6) is 0 Å². The van der Waals surface area contributed by atoms with Gasteiger partial charge in [0.1, 0.15) is 0 Å². The monoisotopic (exact) mass is 208 g/mol. The molecule has 0 nitrogen and oxygen atoms in total. The van der Waals surface area contributed by atoms with Crippen LogP contribution in [0, 0.1) is 0 Å². The van der Waals surface area contributed by atoms with Crippen LogP contribution in [-0.4, -0.2) is 18.3 Å². The van der Waals surface area contributed by atoms with E-state index in [4.69, 9.17) is 0 Å². The van der Waals surface area contributed by atoms with Crippen LogP contribution in [0.2, 0.25) is 0 Å². The molecule has 0 bridgehead atoms. The fourth-order valence-corrected chi connectivity index (χ4v) is 4.89. The largest absolute Gasteiger partial charge is 0.220 e. The van der Waals surface area contributed by atoms with Gasteiger partial charge in [0.15, 0.2) is 0 Å². The van der Waals surface area contributed by atoms with Crippen molar-refractivity contribution < 1.29 is 0 Å². The van der Waals surface area contributed by atoms with E-state index < -0.39 is 10.0 Å². The third-order valence-electron chi connectivity index (χ3n) is 3.45. The first-order valence-electron chi connectivity index (χ1n) is 5.24. The van der Waals surface area contributed by atoms with Crippen molar-refractivity contribution in [2.75, 3.05) is 18.3 Å². The Morgan fingerprint density at radius 3 is 2.43 bits per heavy atom. The van der Waals surface area contributed by atoms with Crippen LogP contribution >= 0.6 is 10.0 Å². The van der Waals surface area contributed by atoms with Crippen molar-refractivity contribution in [3.63, 3.8) is 0 Å². The molecule has 0 atom stereocenters. The summed E-state index contributed by atoms with van der Waals surface area (Å²) in [5.41, 5.74) is 1.98. The molecule has 0 saturated heterocycles. The van der Waals surface area contributed by atoms with Crippen molar-refractivity contribution in [3.05, 3.63) is 29.8 Å². The zero-order chi connectivity index (χ0) is 10.4. The first kappa shape index (κ1) is 10.1. The molecule has 1 aromatic carbocycles. The maximum absolute atomic E-state index is 2.45. The van der Waals surface area contributed by atoms with Crippen LogP contribution in [0.25, 0.3) is 0 Å². The Labute approximate surface area is 89.0 Å². The molecule has 0 amide bonds. The number of hydrogen-bond acceptors (Lipinski definition) is 0. The Hall–Kier alpha value is -0.430. The van der Waals surface area contributed by atoms with E-state index in [1.165, 1.54) is 12.2 Å². The van der Waals surface area contributed by atoms with Crippen molar-refractivity contribution in [1.82, 2.24) is 0 Å². The van der Waals surface area contributed by atoms with E-state index in [0.29, 0.717) is 5.41 Å². The number of benzene rings is 1. The molecule has 1 aromatic rings. The van der Waals surface area contributed by atoms with Gasteiger partial charge in [0.2, 0.25) is 0 Å². The van der Waals surface area contributed by atoms with Gasteiger partial charge in [-0.3, -0.25) is 0 Å². The number of hydrogen-bond donors (Lipinski definition) is 0. The second-order valence-corrected chi connectivity index (χ2v) is 9.30. The van der Waals surface area contributed by atoms with Crippen LogP contribution in [0.1, 0.15) is 25.8 Å². The molecule has 78 valence electrons. The fourth-order valence-electron chi connectivity index (χ4n) is 2.26. The first-order chi connectivity index (χ1) is 6.43. The lowest BCUT2D eigenvalue weighted by Gasteiger charge is -2.45. The van der Waals surface area contributed by atoms with E-state index in [1.807, 2.05) is 0 Å². The lowest BCUT2D eigenvalue weighted by Crippen LogP contribution is -2.27. The highest BCUT2D eigenvalue weighted by molar-refractivity contribution is 8.32. The molecule has 0 radical (unpaired) electrons. The van der Waals surface area contributed by atoms with Gasteiger partial charge < -0.3 is 0 Å². The van der Waals surface area contributed by atoms with Gasteiger partial charge in [-0.05, 0) is 46.6 Å². The van der Waals surface area contributed by atoms with Crippen LogP contribution < -0.4 is 0 Å². The summed E-state index contributed by atoms with van der Waals surface area (Å²) in [5, 5.41) is 0.